The van der Waals surface area contributed by atoms with E-state index in [0.29, 0.717) is 19.6 Å². The quantitative estimate of drug-likeness (QED) is 0.322. The Hall–Kier alpha value is -3.34. The van der Waals surface area contributed by atoms with E-state index in [1.165, 1.54) is 5.56 Å². The summed E-state index contributed by atoms with van der Waals surface area (Å²) in [5.41, 5.74) is 2.32. The fourth-order valence-electron chi connectivity index (χ4n) is 3.41. The van der Waals surface area contributed by atoms with Crippen LogP contribution in [0.5, 0.6) is 5.75 Å². The number of esters is 1. The third-order valence-corrected chi connectivity index (χ3v) is 4.96. The van der Waals surface area contributed by atoms with Crippen molar-refractivity contribution in [2.75, 3.05) is 25.1 Å². The number of carbonyl (C=O) groups is 1. The minimum absolute atomic E-state index is 0.0877. The van der Waals surface area contributed by atoms with Gasteiger partial charge in [0.2, 0.25) is 0 Å². The summed E-state index contributed by atoms with van der Waals surface area (Å²) in [6.45, 7) is 3.68. The first-order valence-electron chi connectivity index (χ1n) is 10.8. The number of benzene rings is 2. The Labute approximate surface area is 184 Å². The Kier molecular flexibility index (Phi) is 8.92. The lowest BCUT2D eigenvalue weighted by molar-refractivity contribution is -0.143. The molecule has 1 heterocycles. The van der Waals surface area contributed by atoms with Gasteiger partial charge in [0.05, 0.1) is 19.6 Å². The second kappa shape index (κ2) is 12.4. The molecule has 0 spiro atoms. The fraction of sp³-hybridized carbons (Fsp3) is 0.308. The molecular formula is C26H30N2O3. The number of hydrogen-bond acceptors (Lipinski definition) is 5. The summed E-state index contributed by atoms with van der Waals surface area (Å²) in [7, 11) is 0. The number of ether oxygens (including phenoxy) is 2. The first-order valence-corrected chi connectivity index (χ1v) is 10.8. The van der Waals surface area contributed by atoms with Crippen LogP contribution in [0, 0.1) is 0 Å². The van der Waals surface area contributed by atoms with Gasteiger partial charge in [-0.3, -0.25) is 4.79 Å². The average Bonchev–Trinajstić information content (AvgIpc) is 2.81. The summed E-state index contributed by atoms with van der Waals surface area (Å²) in [6, 6.07) is 24.1. The second-order valence-electron chi connectivity index (χ2n) is 7.31. The number of nitrogens with zero attached hydrogens (tertiary/aromatic N) is 1. The smallest absolute Gasteiger partial charge is 0.306 e. The molecule has 0 aliphatic rings. The van der Waals surface area contributed by atoms with Crippen LogP contribution in [0.15, 0.2) is 79.0 Å². The summed E-state index contributed by atoms with van der Waals surface area (Å²) in [5.74, 6) is 1.66. The van der Waals surface area contributed by atoms with Gasteiger partial charge in [0.25, 0.3) is 0 Å². The van der Waals surface area contributed by atoms with E-state index in [4.69, 9.17) is 9.47 Å². The second-order valence-corrected chi connectivity index (χ2v) is 7.31. The number of anilines is 1. The molecular weight excluding hydrogens is 388 g/mol. The van der Waals surface area contributed by atoms with Gasteiger partial charge in [-0.15, -0.1) is 0 Å². The van der Waals surface area contributed by atoms with Crippen molar-refractivity contribution in [3.8, 4) is 5.75 Å². The van der Waals surface area contributed by atoms with Gasteiger partial charge in [0.15, 0.2) is 0 Å². The molecule has 0 saturated carbocycles. The highest BCUT2D eigenvalue weighted by atomic mass is 16.5. The lowest BCUT2D eigenvalue weighted by atomic mass is 9.89. The van der Waals surface area contributed by atoms with Crippen molar-refractivity contribution in [3.05, 3.63) is 90.1 Å². The molecule has 1 unspecified atom stereocenters. The van der Waals surface area contributed by atoms with Crippen LogP contribution in [0.2, 0.25) is 0 Å². The average molecular weight is 419 g/mol. The zero-order valence-corrected chi connectivity index (χ0v) is 18.0. The van der Waals surface area contributed by atoms with Crippen molar-refractivity contribution in [2.45, 2.75) is 32.1 Å². The highest BCUT2D eigenvalue weighted by Gasteiger charge is 2.17. The first kappa shape index (κ1) is 22.3. The molecule has 0 aliphatic carbocycles. The van der Waals surface area contributed by atoms with E-state index in [1.807, 2.05) is 55.5 Å². The van der Waals surface area contributed by atoms with Gasteiger partial charge >= 0.3 is 5.97 Å². The Morgan fingerprint density at radius 2 is 1.77 bits per heavy atom. The number of aromatic nitrogens is 1. The van der Waals surface area contributed by atoms with E-state index < -0.39 is 0 Å². The van der Waals surface area contributed by atoms with Gasteiger partial charge in [0.1, 0.15) is 11.6 Å². The van der Waals surface area contributed by atoms with E-state index >= 15 is 0 Å². The van der Waals surface area contributed by atoms with Crippen LogP contribution in [0.3, 0.4) is 0 Å². The molecule has 0 radical (unpaired) electrons. The Morgan fingerprint density at radius 1 is 1.00 bits per heavy atom. The Bertz CT molecular complexity index is 899. The van der Waals surface area contributed by atoms with Crippen LogP contribution < -0.4 is 10.1 Å². The third-order valence-electron chi connectivity index (χ3n) is 4.96. The van der Waals surface area contributed by atoms with Crippen LogP contribution in [0.25, 0.3) is 0 Å². The Balaban J connectivity index is 1.48. The molecule has 0 saturated heterocycles. The van der Waals surface area contributed by atoms with Crippen LogP contribution in [-0.2, 0) is 16.0 Å². The topological polar surface area (TPSA) is 60.5 Å². The summed E-state index contributed by atoms with van der Waals surface area (Å²) < 4.78 is 11.0. The molecule has 0 bridgehead atoms. The van der Waals surface area contributed by atoms with Crippen molar-refractivity contribution in [2.24, 2.45) is 0 Å². The lowest BCUT2D eigenvalue weighted by Gasteiger charge is -2.17. The standard InChI is InChI=1S/C26H30N2O3/c1-2-30-26(29)20-23(22-9-4-3-5-10-22)19-21-12-14-24(15-13-21)31-18-8-17-28-25-11-6-7-16-27-25/h3-7,9-16,23H,2,8,17-20H2,1H3,(H,27,28). The monoisotopic (exact) mass is 418 g/mol. The SMILES string of the molecule is CCOC(=O)CC(Cc1ccc(OCCCNc2ccccn2)cc1)c1ccccc1. The zero-order valence-electron chi connectivity index (χ0n) is 18.0. The van der Waals surface area contributed by atoms with Gasteiger partial charge in [-0.25, -0.2) is 4.98 Å². The number of rotatable bonds is 12. The molecule has 1 aromatic heterocycles. The summed E-state index contributed by atoms with van der Waals surface area (Å²) >= 11 is 0. The van der Waals surface area contributed by atoms with Crippen molar-refractivity contribution in [1.82, 2.24) is 4.98 Å². The molecule has 31 heavy (non-hydrogen) atoms. The molecule has 1 N–H and O–H groups in total. The predicted molar refractivity (Wildman–Crippen MR) is 123 cm³/mol. The van der Waals surface area contributed by atoms with E-state index in [1.54, 1.807) is 6.20 Å². The molecule has 1 atom stereocenters. The highest BCUT2D eigenvalue weighted by Crippen LogP contribution is 2.26. The molecule has 0 fully saturated rings. The molecule has 0 aliphatic heterocycles. The fourth-order valence-corrected chi connectivity index (χ4v) is 3.41. The number of nitrogens with one attached hydrogen (secondary N) is 1. The minimum Gasteiger partial charge on any atom is -0.494 e. The molecule has 3 rings (SSSR count). The summed E-state index contributed by atoms with van der Waals surface area (Å²) in [4.78, 5) is 16.3. The Morgan fingerprint density at radius 3 is 2.48 bits per heavy atom. The maximum absolute atomic E-state index is 12.1. The van der Waals surface area contributed by atoms with Gasteiger partial charge in [-0.05, 0) is 61.1 Å². The van der Waals surface area contributed by atoms with Crippen molar-refractivity contribution >= 4 is 11.8 Å². The van der Waals surface area contributed by atoms with Crippen molar-refractivity contribution in [1.29, 1.82) is 0 Å². The van der Waals surface area contributed by atoms with Crippen LogP contribution in [-0.4, -0.2) is 30.7 Å². The maximum Gasteiger partial charge on any atom is 0.306 e. The van der Waals surface area contributed by atoms with Crippen molar-refractivity contribution < 1.29 is 14.3 Å². The first-order chi connectivity index (χ1) is 15.2. The van der Waals surface area contributed by atoms with E-state index in [0.717, 1.165) is 36.5 Å². The van der Waals surface area contributed by atoms with Gasteiger partial charge in [-0.2, -0.15) is 0 Å². The van der Waals surface area contributed by atoms with Gasteiger partial charge in [0, 0.05) is 12.7 Å². The zero-order chi connectivity index (χ0) is 21.7. The third kappa shape index (κ3) is 7.78. The molecule has 5 nitrogen and oxygen atoms in total. The lowest BCUT2D eigenvalue weighted by Crippen LogP contribution is -2.12. The molecule has 0 amide bonds. The molecule has 2 aromatic carbocycles. The molecule has 162 valence electrons. The number of carbonyl (C=O) groups excluding carboxylic acids is 1. The summed E-state index contributed by atoms with van der Waals surface area (Å²) in [6.07, 6.45) is 3.81. The molecule has 3 aromatic rings. The maximum atomic E-state index is 12.1. The van der Waals surface area contributed by atoms with E-state index in [2.05, 4.69) is 34.6 Å². The van der Waals surface area contributed by atoms with Crippen molar-refractivity contribution in [3.63, 3.8) is 0 Å². The predicted octanol–water partition coefficient (Wildman–Crippen LogP) is 5.24. The number of pyridine rings is 1. The highest BCUT2D eigenvalue weighted by molar-refractivity contribution is 5.70. The minimum atomic E-state index is -0.157. The van der Waals surface area contributed by atoms with E-state index in [-0.39, 0.29) is 11.9 Å². The van der Waals surface area contributed by atoms with E-state index in [9.17, 15) is 4.79 Å². The summed E-state index contributed by atoms with van der Waals surface area (Å²) in [5, 5.41) is 3.27. The largest absolute Gasteiger partial charge is 0.494 e. The van der Waals surface area contributed by atoms with Crippen LogP contribution >= 0.6 is 0 Å². The number of hydrogen-bond donors (Lipinski definition) is 1. The van der Waals surface area contributed by atoms with Crippen LogP contribution in [0.1, 0.15) is 36.8 Å². The normalized spacial score (nSPS) is 11.5. The van der Waals surface area contributed by atoms with Gasteiger partial charge in [-0.1, -0.05) is 48.5 Å². The molecule has 5 heteroatoms. The van der Waals surface area contributed by atoms with Gasteiger partial charge < -0.3 is 14.8 Å². The van der Waals surface area contributed by atoms with Crippen LogP contribution in [0.4, 0.5) is 5.82 Å².